The first kappa shape index (κ1) is 20.5. The smallest absolute Gasteiger partial charge is 0.266 e. The summed E-state index contributed by atoms with van der Waals surface area (Å²) < 4.78 is 1.66. The average Bonchev–Trinajstić information content (AvgIpc) is 2.64. The maximum absolute atomic E-state index is 12.2. The lowest BCUT2D eigenvalue weighted by molar-refractivity contribution is 0.163. The summed E-state index contributed by atoms with van der Waals surface area (Å²) in [7, 11) is 3.88. The van der Waals surface area contributed by atoms with Crippen LogP contribution >= 0.6 is 0 Å². The first-order chi connectivity index (χ1) is 13.2. The van der Waals surface area contributed by atoms with Crippen LogP contribution in [0.4, 0.5) is 5.95 Å². The van der Waals surface area contributed by atoms with E-state index in [-0.39, 0.29) is 11.0 Å². The zero-order valence-corrected chi connectivity index (χ0v) is 17.7. The van der Waals surface area contributed by atoms with Crippen LogP contribution in [0, 0.1) is 5.92 Å². The van der Waals surface area contributed by atoms with Crippen LogP contribution in [0.5, 0.6) is 0 Å². The third-order valence-corrected chi connectivity index (χ3v) is 5.27. The summed E-state index contributed by atoms with van der Waals surface area (Å²) in [6, 6.07) is 3.51. The first-order valence-electron chi connectivity index (χ1n) is 10.0. The fourth-order valence-electron chi connectivity index (χ4n) is 3.47. The molecule has 28 heavy (non-hydrogen) atoms. The number of aromatic nitrogens is 4. The molecule has 3 heterocycles. The Bertz CT molecular complexity index is 829. The predicted octanol–water partition coefficient (Wildman–Crippen LogP) is 2.31. The molecule has 2 aromatic heterocycles. The number of hydrogen-bond donors (Lipinski definition) is 0. The van der Waals surface area contributed by atoms with Gasteiger partial charge in [0.25, 0.3) is 5.56 Å². The highest BCUT2D eigenvalue weighted by Crippen LogP contribution is 2.21. The molecule has 1 aliphatic heterocycles. The Labute approximate surface area is 167 Å². The summed E-state index contributed by atoms with van der Waals surface area (Å²) in [4.78, 5) is 25.4. The van der Waals surface area contributed by atoms with Crippen molar-refractivity contribution in [3.63, 3.8) is 0 Å². The molecule has 152 valence electrons. The van der Waals surface area contributed by atoms with E-state index in [1.165, 1.54) is 0 Å². The summed E-state index contributed by atoms with van der Waals surface area (Å²) >= 11 is 0. The fraction of sp³-hybridized carbons (Fsp3) is 0.619. The zero-order chi connectivity index (χ0) is 20.3. The molecule has 1 aliphatic rings. The van der Waals surface area contributed by atoms with Gasteiger partial charge in [-0.3, -0.25) is 9.69 Å². The zero-order valence-electron chi connectivity index (χ0n) is 17.7. The van der Waals surface area contributed by atoms with Crippen LogP contribution in [0.3, 0.4) is 0 Å². The molecular weight excluding hydrogens is 352 g/mol. The molecule has 0 unspecified atom stereocenters. The summed E-state index contributed by atoms with van der Waals surface area (Å²) in [5.74, 6) is 1.22. The SMILES string of the molecule is CN(C)c1ncc(CN2CCC(Cn3nc(C(C)(C)C)ccc3=O)CC2)cn1. The molecule has 0 bridgehead atoms. The van der Waals surface area contributed by atoms with Gasteiger partial charge in [-0.05, 0) is 37.9 Å². The summed E-state index contributed by atoms with van der Waals surface area (Å²) in [5.41, 5.74) is 2.04. The van der Waals surface area contributed by atoms with Gasteiger partial charge in [-0.15, -0.1) is 0 Å². The maximum atomic E-state index is 12.2. The van der Waals surface area contributed by atoms with Crippen molar-refractivity contribution in [2.75, 3.05) is 32.1 Å². The minimum atomic E-state index is -0.0526. The number of hydrogen-bond acceptors (Lipinski definition) is 6. The Morgan fingerprint density at radius 1 is 1.11 bits per heavy atom. The molecule has 0 amide bonds. The Hall–Kier alpha value is -2.28. The van der Waals surface area contributed by atoms with Gasteiger partial charge in [-0.25, -0.2) is 14.6 Å². The van der Waals surface area contributed by atoms with E-state index in [0.29, 0.717) is 12.5 Å². The standard InChI is InChI=1S/C21H32N6O/c1-21(2,3)18-6-7-19(28)27(24-18)15-16-8-10-26(11-9-16)14-17-12-22-20(23-13-17)25(4)5/h6-7,12-13,16H,8-11,14-15H2,1-5H3. The summed E-state index contributed by atoms with van der Waals surface area (Å²) in [6.45, 7) is 9.99. The van der Waals surface area contributed by atoms with Crippen LogP contribution in [-0.2, 0) is 18.5 Å². The molecule has 0 radical (unpaired) electrons. The first-order valence-corrected chi connectivity index (χ1v) is 10.0. The van der Waals surface area contributed by atoms with Crippen molar-refractivity contribution >= 4 is 5.95 Å². The van der Waals surface area contributed by atoms with Gasteiger partial charge in [-0.1, -0.05) is 20.8 Å². The van der Waals surface area contributed by atoms with Gasteiger partial charge >= 0.3 is 0 Å². The Balaban J connectivity index is 1.55. The van der Waals surface area contributed by atoms with E-state index < -0.39 is 0 Å². The van der Waals surface area contributed by atoms with Crippen molar-refractivity contribution in [2.45, 2.75) is 52.1 Å². The molecule has 0 N–H and O–H groups in total. The Kier molecular flexibility index (Phi) is 6.13. The molecule has 0 saturated carbocycles. The minimum absolute atomic E-state index is 0.00596. The molecular formula is C21H32N6O. The fourth-order valence-corrected chi connectivity index (χ4v) is 3.47. The second-order valence-electron chi connectivity index (χ2n) is 8.99. The van der Waals surface area contributed by atoms with Crippen LogP contribution in [-0.4, -0.2) is 51.8 Å². The quantitative estimate of drug-likeness (QED) is 0.788. The molecule has 0 aromatic carbocycles. The van der Waals surface area contributed by atoms with Gasteiger partial charge in [-0.2, -0.15) is 5.10 Å². The largest absolute Gasteiger partial charge is 0.347 e. The number of likely N-dealkylation sites (tertiary alicyclic amines) is 1. The van der Waals surface area contributed by atoms with Crippen LogP contribution in [0.25, 0.3) is 0 Å². The number of rotatable bonds is 5. The van der Waals surface area contributed by atoms with Crippen LogP contribution in [0.15, 0.2) is 29.3 Å². The van der Waals surface area contributed by atoms with Gasteiger partial charge in [0.2, 0.25) is 5.95 Å². The van der Waals surface area contributed by atoms with Gasteiger partial charge in [0, 0.05) is 56.6 Å². The molecule has 7 heteroatoms. The van der Waals surface area contributed by atoms with Crippen molar-refractivity contribution in [1.82, 2.24) is 24.6 Å². The van der Waals surface area contributed by atoms with Crippen molar-refractivity contribution in [1.29, 1.82) is 0 Å². The van der Waals surface area contributed by atoms with Crippen molar-refractivity contribution < 1.29 is 0 Å². The molecule has 0 atom stereocenters. The van der Waals surface area contributed by atoms with Crippen LogP contribution in [0.2, 0.25) is 0 Å². The topological polar surface area (TPSA) is 67.2 Å². The minimum Gasteiger partial charge on any atom is -0.347 e. The Morgan fingerprint density at radius 2 is 1.75 bits per heavy atom. The number of anilines is 1. The number of piperidine rings is 1. The molecule has 0 spiro atoms. The predicted molar refractivity (Wildman–Crippen MR) is 112 cm³/mol. The van der Waals surface area contributed by atoms with E-state index in [1.807, 2.05) is 37.5 Å². The van der Waals surface area contributed by atoms with Crippen LogP contribution in [0.1, 0.15) is 44.9 Å². The Morgan fingerprint density at radius 3 is 2.32 bits per heavy atom. The van der Waals surface area contributed by atoms with Crippen molar-refractivity contribution in [3.8, 4) is 0 Å². The number of nitrogens with zero attached hydrogens (tertiary/aromatic N) is 6. The molecule has 0 aliphatic carbocycles. The molecule has 3 rings (SSSR count). The van der Waals surface area contributed by atoms with E-state index in [2.05, 4.69) is 40.7 Å². The third-order valence-electron chi connectivity index (χ3n) is 5.27. The average molecular weight is 385 g/mol. The van der Waals surface area contributed by atoms with Gasteiger partial charge < -0.3 is 4.90 Å². The highest BCUT2D eigenvalue weighted by Gasteiger charge is 2.22. The molecule has 1 saturated heterocycles. The second-order valence-corrected chi connectivity index (χ2v) is 8.99. The van der Waals surface area contributed by atoms with E-state index in [4.69, 9.17) is 0 Å². The van der Waals surface area contributed by atoms with E-state index in [9.17, 15) is 4.79 Å². The molecule has 7 nitrogen and oxygen atoms in total. The lowest BCUT2D eigenvalue weighted by Gasteiger charge is -2.32. The van der Waals surface area contributed by atoms with Gasteiger partial charge in [0.15, 0.2) is 0 Å². The lowest BCUT2D eigenvalue weighted by atomic mass is 9.92. The lowest BCUT2D eigenvalue weighted by Crippen LogP contribution is -2.37. The van der Waals surface area contributed by atoms with E-state index in [0.717, 1.165) is 49.7 Å². The summed E-state index contributed by atoms with van der Waals surface area (Å²) in [6.07, 6.45) is 5.97. The monoisotopic (exact) mass is 384 g/mol. The van der Waals surface area contributed by atoms with Crippen LogP contribution < -0.4 is 10.5 Å². The molecule has 2 aromatic rings. The van der Waals surface area contributed by atoms with E-state index >= 15 is 0 Å². The third kappa shape index (κ3) is 5.16. The molecule has 1 fully saturated rings. The van der Waals surface area contributed by atoms with Gasteiger partial charge in [0.1, 0.15) is 0 Å². The maximum Gasteiger partial charge on any atom is 0.266 e. The van der Waals surface area contributed by atoms with E-state index in [1.54, 1.807) is 10.7 Å². The second kappa shape index (κ2) is 8.39. The van der Waals surface area contributed by atoms with Crippen molar-refractivity contribution in [2.24, 2.45) is 5.92 Å². The normalized spacial score (nSPS) is 16.3. The highest BCUT2D eigenvalue weighted by atomic mass is 16.1. The summed E-state index contributed by atoms with van der Waals surface area (Å²) in [5, 5.41) is 4.62. The van der Waals surface area contributed by atoms with Crippen molar-refractivity contribution in [3.05, 3.63) is 46.1 Å². The van der Waals surface area contributed by atoms with Gasteiger partial charge in [0.05, 0.1) is 5.69 Å². The highest BCUT2D eigenvalue weighted by molar-refractivity contribution is 5.26.